The second-order valence-corrected chi connectivity index (χ2v) is 9.00. The molecule has 1 heterocycles. The zero-order valence-electron chi connectivity index (χ0n) is 16.5. The first-order valence-corrected chi connectivity index (χ1v) is 9.65. The Morgan fingerprint density at radius 1 is 0.958 bits per heavy atom. The van der Waals surface area contributed by atoms with Crippen LogP contribution >= 0.6 is 0 Å². The van der Waals surface area contributed by atoms with Crippen molar-refractivity contribution in [1.82, 2.24) is 0 Å². The van der Waals surface area contributed by atoms with E-state index in [1.165, 1.54) is 39.6 Å². The van der Waals surface area contributed by atoms with Crippen molar-refractivity contribution < 1.29 is 0 Å². The zero-order valence-corrected chi connectivity index (χ0v) is 16.5. The van der Waals surface area contributed by atoms with E-state index in [9.17, 15) is 0 Å². The number of hydrogen-bond acceptors (Lipinski definition) is 0. The van der Waals surface area contributed by atoms with Gasteiger partial charge in [0, 0.05) is 0 Å². The van der Waals surface area contributed by atoms with Crippen LogP contribution in [-0.4, -0.2) is 7.28 Å². The molecule has 0 bridgehead atoms. The monoisotopic (exact) mass is 319 g/mol. The van der Waals surface area contributed by atoms with Crippen LogP contribution in [0.2, 0.25) is 0 Å². The van der Waals surface area contributed by atoms with Crippen molar-refractivity contribution in [2.24, 2.45) is 11.3 Å². The molecule has 0 N–H and O–H groups in total. The Hall–Kier alpha value is -1.24. The molecule has 127 valence electrons. The Balaban J connectivity index is 2.04. The van der Waals surface area contributed by atoms with Gasteiger partial charge in [-0.2, -0.15) is 0 Å². The van der Waals surface area contributed by atoms with Crippen molar-refractivity contribution >= 4 is 12.7 Å². The highest BCUT2D eigenvalue weighted by atomic mass is 14.3. The molecular formula is C23H32B. The molecule has 0 amide bonds. The molecule has 1 aromatic rings. The summed E-state index contributed by atoms with van der Waals surface area (Å²) in [4.78, 5) is 0. The van der Waals surface area contributed by atoms with Crippen LogP contribution < -0.4 is 5.46 Å². The van der Waals surface area contributed by atoms with E-state index in [4.69, 9.17) is 0 Å². The Bertz CT molecular complexity index is 703. The molecule has 0 spiro atoms. The van der Waals surface area contributed by atoms with Gasteiger partial charge in [-0.05, 0) is 52.7 Å². The van der Waals surface area contributed by atoms with Crippen molar-refractivity contribution in [1.29, 1.82) is 0 Å². The van der Waals surface area contributed by atoms with Gasteiger partial charge in [-0.3, -0.25) is 0 Å². The highest BCUT2D eigenvalue weighted by Gasteiger charge is 2.32. The Morgan fingerprint density at radius 3 is 2.17 bits per heavy atom. The molecule has 1 radical (unpaired) electrons. The minimum Gasteiger partial charge on any atom is -0.0836 e. The first-order valence-electron chi connectivity index (χ1n) is 9.65. The largest absolute Gasteiger partial charge is 0.191 e. The van der Waals surface area contributed by atoms with E-state index in [0.29, 0.717) is 23.2 Å². The maximum absolute atomic E-state index is 2.54. The summed E-state index contributed by atoms with van der Waals surface area (Å²) in [5, 5.41) is 0. The van der Waals surface area contributed by atoms with Crippen LogP contribution in [0.3, 0.4) is 0 Å². The number of fused-ring (bicyclic) bond motifs is 2. The summed E-state index contributed by atoms with van der Waals surface area (Å²) < 4.78 is 0. The van der Waals surface area contributed by atoms with Gasteiger partial charge < -0.3 is 0 Å². The lowest BCUT2D eigenvalue weighted by atomic mass is 9.51. The summed E-state index contributed by atoms with van der Waals surface area (Å²) >= 11 is 0. The van der Waals surface area contributed by atoms with Crippen molar-refractivity contribution in [3.8, 4) is 0 Å². The van der Waals surface area contributed by atoms with Crippen molar-refractivity contribution in [2.75, 3.05) is 0 Å². The second kappa shape index (κ2) is 6.25. The van der Waals surface area contributed by atoms with Crippen LogP contribution in [0.4, 0.5) is 0 Å². The van der Waals surface area contributed by atoms with Crippen LogP contribution in [0.1, 0.15) is 83.4 Å². The third kappa shape index (κ3) is 3.03. The molecule has 0 aromatic heterocycles. The van der Waals surface area contributed by atoms with Crippen molar-refractivity contribution in [3.05, 3.63) is 52.0 Å². The highest BCUT2D eigenvalue weighted by Crippen LogP contribution is 2.41. The van der Waals surface area contributed by atoms with Crippen LogP contribution in [0.5, 0.6) is 0 Å². The Labute approximate surface area is 149 Å². The van der Waals surface area contributed by atoms with Crippen LogP contribution in [0, 0.1) is 11.3 Å². The molecule has 1 heteroatoms. The standard InChI is InChI=1S/C23H32B/c1-14(2)19-11-18-10-17-8-9-23(7,16(5)6)13-22(17)24-21(18)12-20(19)15(3)4/h8,11-16H,9-10H2,1-7H3. The predicted molar refractivity (Wildman–Crippen MR) is 107 cm³/mol. The lowest BCUT2D eigenvalue weighted by molar-refractivity contribution is 0.297. The van der Waals surface area contributed by atoms with Crippen LogP contribution in [0.25, 0.3) is 0 Å². The molecule has 1 aromatic carbocycles. The SMILES string of the molecule is CC(C)c1cc2c(cc1C(C)C)CC1=CCC(C)(C(C)C)C=C1[B]2. The molecule has 0 fully saturated rings. The summed E-state index contributed by atoms with van der Waals surface area (Å²) in [6.07, 6.45) is 7.32. The second-order valence-electron chi connectivity index (χ2n) is 9.00. The molecule has 0 saturated heterocycles. The number of allylic oxidation sites excluding steroid dienone is 4. The molecule has 2 aliphatic rings. The lowest BCUT2D eigenvalue weighted by Crippen LogP contribution is -2.34. The fraction of sp³-hybridized carbons (Fsp3) is 0.565. The smallest absolute Gasteiger partial charge is 0.0836 e. The minimum absolute atomic E-state index is 0.297. The van der Waals surface area contributed by atoms with E-state index in [2.05, 4.69) is 80.0 Å². The maximum Gasteiger partial charge on any atom is 0.191 e. The predicted octanol–water partition coefficient (Wildman–Crippen LogP) is 5.70. The molecule has 0 nitrogen and oxygen atoms in total. The van der Waals surface area contributed by atoms with Crippen LogP contribution in [-0.2, 0) is 6.42 Å². The van der Waals surface area contributed by atoms with Crippen molar-refractivity contribution in [2.45, 2.75) is 73.1 Å². The van der Waals surface area contributed by atoms with Gasteiger partial charge >= 0.3 is 0 Å². The van der Waals surface area contributed by atoms with Gasteiger partial charge in [0.1, 0.15) is 0 Å². The lowest BCUT2D eigenvalue weighted by Gasteiger charge is -2.37. The summed E-state index contributed by atoms with van der Waals surface area (Å²) in [5.41, 5.74) is 9.32. The van der Waals surface area contributed by atoms with Gasteiger partial charge in [0.15, 0.2) is 7.28 Å². The minimum atomic E-state index is 0.297. The topological polar surface area (TPSA) is 0 Å². The third-order valence-electron chi connectivity index (χ3n) is 6.24. The zero-order chi connectivity index (χ0) is 17.6. The first kappa shape index (κ1) is 17.6. The summed E-state index contributed by atoms with van der Waals surface area (Å²) in [6, 6.07) is 4.95. The van der Waals surface area contributed by atoms with E-state index in [1.54, 1.807) is 0 Å². The van der Waals surface area contributed by atoms with Gasteiger partial charge in [0.25, 0.3) is 0 Å². The van der Waals surface area contributed by atoms with E-state index in [-0.39, 0.29) is 0 Å². The average molecular weight is 319 g/mol. The Morgan fingerprint density at radius 2 is 1.58 bits per heavy atom. The van der Waals surface area contributed by atoms with E-state index < -0.39 is 0 Å². The average Bonchev–Trinajstić information content (AvgIpc) is 2.51. The quantitative estimate of drug-likeness (QED) is 0.627. The molecule has 24 heavy (non-hydrogen) atoms. The Kier molecular flexibility index (Phi) is 4.58. The third-order valence-corrected chi connectivity index (χ3v) is 6.24. The van der Waals surface area contributed by atoms with Crippen LogP contribution in [0.15, 0.2) is 35.3 Å². The first-order chi connectivity index (χ1) is 11.2. The van der Waals surface area contributed by atoms with E-state index >= 15 is 0 Å². The normalized spacial score (nSPS) is 22.9. The molecule has 1 aliphatic carbocycles. The maximum atomic E-state index is 2.54. The molecule has 0 saturated carbocycles. The summed E-state index contributed by atoms with van der Waals surface area (Å²) in [7, 11) is 2.44. The van der Waals surface area contributed by atoms with E-state index in [1.807, 2.05) is 0 Å². The number of benzene rings is 1. The van der Waals surface area contributed by atoms with Gasteiger partial charge in [-0.25, -0.2) is 0 Å². The van der Waals surface area contributed by atoms with Gasteiger partial charge in [-0.15, -0.1) is 0 Å². The van der Waals surface area contributed by atoms with Gasteiger partial charge in [0.2, 0.25) is 0 Å². The highest BCUT2D eigenvalue weighted by molar-refractivity contribution is 6.63. The molecule has 3 rings (SSSR count). The molecule has 1 atom stereocenters. The fourth-order valence-electron chi connectivity index (χ4n) is 4.04. The molecular weight excluding hydrogens is 287 g/mol. The number of rotatable bonds is 3. The van der Waals surface area contributed by atoms with Crippen molar-refractivity contribution in [3.63, 3.8) is 0 Å². The number of hydrogen-bond donors (Lipinski definition) is 0. The fourth-order valence-corrected chi connectivity index (χ4v) is 4.04. The molecule has 1 unspecified atom stereocenters. The summed E-state index contributed by atoms with van der Waals surface area (Å²) in [5.74, 6) is 1.85. The van der Waals surface area contributed by atoms with Gasteiger partial charge in [0.05, 0.1) is 0 Å². The summed E-state index contributed by atoms with van der Waals surface area (Å²) in [6.45, 7) is 16.4. The molecule has 1 aliphatic heterocycles. The van der Waals surface area contributed by atoms with E-state index in [0.717, 1.165) is 6.42 Å². The van der Waals surface area contributed by atoms with Gasteiger partial charge in [-0.1, -0.05) is 89.3 Å².